The van der Waals surface area contributed by atoms with E-state index in [4.69, 9.17) is 5.11 Å². The third kappa shape index (κ3) is 3.34. The molecule has 1 aromatic rings. The number of H-pyrrole nitrogens is 1. The first-order chi connectivity index (χ1) is 5.88. The maximum Gasteiger partial charge on any atom is 0.242 e. The summed E-state index contributed by atoms with van der Waals surface area (Å²) in [6.45, 7) is 1.95. The Kier molecular flexibility index (Phi) is 5.72. The molecule has 0 aliphatic heterocycles. The number of hydrogen-bond acceptors (Lipinski definition) is 1. The highest BCUT2D eigenvalue weighted by Gasteiger charge is 2.06. The van der Waals surface area contributed by atoms with E-state index in [1.54, 1.807) is 6.08 Å². The van der Waals surface area contributed by atoms with E-state index in [0.29, 0.717) is 0 Å². The first kappa shape index (κ1) is 11.8. The average Bonchev–Trinajstić information content (AvgIpc) is 2.56. The molecule has 0 bridgehead atoms. The number of nitrogens with zero attached hydrogens (tertiary/aromatic N) is 1. The molecule has 0 amide bonds. The largest absolute Gasteiger partial charge is 1.00 e. The second kappa shape index (κ2) is 6.31. The first-order valence-electron chi connectivity index (χ1n) is 3.85. The summed E-state index contributed by atoms with van der Waals surface area (Å²) in [5.74, 6) is 0. The second-order valence-corrected chi connectivity index (χ2v) is 2.42. The smallest absolute Gasteiger partial charge is 0.242 e. The first-order valence-corrected chi connectivity index (χ1v) is 3.85. The number of allylic oxidation sites excluding steroid dienone is 3. The van der Waals surface area contributed by atoms with Crippen molar-refractivity contribution in [3.8, 4) is 0 Å². The van der Waals surface area contributed by atoms with E-state index in [-0.39, 0.29) is 18.4 Å². The van der Waals surface area contributed by atoms with Crippen LogP contribution in [0.3, 0.4) is 0 Å². The molecule has 0 fully saturated rings. The van der Waals surface area contributed by atoms with Gasteiger partial charge >= 0.3 is 0 Å². The molecule has 0 aliphatic rings. The van der Waals surface area contributed by atoms with Crippen LogP contribution in [-0.2, 0) is 0 Å². The summed E-state index contributed by atoms with van der Waals surface area (Å²) >= 11 is 0. The molecule has 0 saturated carbocycles. The minimum absolute atomic E-state index is 0. The average molecular weight is 201 g/mol. The van der Waals surface area contributed by atoms with Crippen LogP contribution in [0, 0.1) is 0 Å². The SMILES string of the molecule is CC=CC(C=CO)[n+]1cc[nH]c1.[Cl-]. The molecule has 4 heteroatoms. The van der Waals surface area contributed by atoms with Crippen LogP contribution in [0.4, 0.5) is 0 Å². The second-order valence-electron chi connectivity index (χ2n) is 2.42. The molecule has 1 rings (SSSR count). The molecular weight excluding hydrogens is 188 g/mol. The zero-order valence-corrected chi connectivity index (χ0v) is 8.15. The number of aliphatic hydroxyl groups is 1. The zero-order chi connectivity index (χ0) is 8.81. The molecule has 1 atom stereocenters. The molecule has 13 heavy (non-hydrogen) atoms. The van der Waals surface area contributed by atoms with Crippen LogP contribution < -0.4 is 17.0 Å². The Balaban J connectivity index is 0.00000144. The van der Waals surface area contributed by atoms with Crippen LogP contribution in [0.15, 0.2) is 43.2 Å². The van der Waals surface area contributed by atoms with Gasteiger partial charge < -0.3 is 17.5 Å². The Labute approximate surface area is 83.8 Å². The van der Waals surface area contributed by atoms with Crippen LogP contribution in [0.1, 0.15) is 13.0 Å². The lowest BCUT2D eigenvalue weighted by Crippen LogP contribution is -3.00. The third-order valence-corrected chi connectivity index (χ3v) is 1.58. The van der Waals surface area contributed by atoms with Gasteiger partial charge in [-0.15, -0.1) is 0 Å². The van der Waals surface area contributed by atoms with Gasteiger partial charge in [0.2, 0.25) is 6.33 Å². The van der Waals surface area contributed by atoms with Crippen molar-refractivity contribution in [2.75, 3.05) is 0 Å². The van der Waals surface area contributed by atoms with E-state index < -0.39 is 0 Å². The van der Waals surface area contributed by atoms with Gasteiger partial charge in [-0.3, -0.25) is 4.98 Å². The van der Waals surface area contributed by atoms with Gasteiger partial charge in [-0.05, 0) is 19.1 Å². The quantitative estimate of drug-likeness (QED) is 0.348. The van der Waals surface area contributed by atoms with Gasteiger partial charge in [0.1, 0.15) is 18.4 Å². The summed E-state index contributed by atoms with van der Waals surface area (Å²) in [6, 6.07) is 0.0891. The lowest BCUT2D eigenvalue weighted by atomic mass is 10.2. The lowest BCUT2D eigenvalue weighted by Gasteiger charge is -2.00. The van der Waals surface area contributed by atoms with Crippen molar-refractivity contribution in [1.82, 2.24) is 4.98 Å². The number of aromatic amines is 1. The maximum atomic E-state index is 8.62. The molecule has 0 saturated heterocycles. The van der Waals surface area contributed by atoms with Gasteiger partial charge in [0.25, 0.3) is 0 Å². The van der Waals surface area contributed by atoms with E-state index >= 15 is 0 Å². The normalized spacial score (nSPS) is 13.3. The van der Waals surface area contributed by atoms with Gasteiger partial charge in [-0.1, -0.05) is 6.08 Å². The van der Waals surface area contributed by atoms with Crippen molar-refractivity contribution in [2.45, 2.75) is 13.0 Å². The van der Waals surface area contributed by atoms with Gasteiger partial charge in [0.05, 0.1) is 6.26 Å². The fourth-order valence-corrected chi connectivity index (χ4v) is 1.03. The number of hydrogen-bond donors (Lipinski definition) is 2. The molecule has 0 radical (unpaired) electrons. The van der Waals surface area contributed by atoms with Gasteiger partial charge in [-0.2, -0.15) is 0 Å². The van der Waals surface area contributed by atoms with Crippen LogP contribution in [0.5, 0.6) is 0 Å². The van der Waals surface area contributed by atoms with E-state index in [1.807, 2.05) is 42.4 Å². The summed E-state index contributed by atoms with van der Waals surface area (Å²) in [4.78, 5) is 2.94. The van der Waals surface area contributed by atoms with Crippen LogP contribution in [0.25, 0.3) is 0 Å². The van der Waals surface area contributed by atoms with Crippen molar-refractivity contribution in [1.29, 1.82) is 0 Å². The van der Waals surface area contributed by atoms with E-state index in [1.165, 1.54) is 0 Å². The molecule has 0 aliphatic carbocycles. The molecular formula is C9H13ClN2O. The predicted molar refractivity (Wildman–Crippen MR) is 46.6 cm³/mol. The molecule has 3 nitrogen and oxygen atoms in total. The van der Waals surface area contributed by atoms with E-state index in [0.717, 1.165) is 6.26 Å². The predicted octanol–water partition coefficient (Wildman–Crippen LogP) is -1.50. The molecule has 0 spiro atoms. The summed E-state index contributed by atoms with van der Waals surface area (Å²) in [5.41, 5.74) is 0. The van der Waals surface area contributed by atoms with Crippen LogP contribution >= 0.6 is 0 Å². The van der Waals surface area contributed by atoms with Crippen molar-refractivity contribution in [2.24, 2.45) is 0 Å². The number of aliphatic hydroxyl groups excluding tert-OH is 1. The Morgan fingerprint density at radius 2 is 2.23 bits per heavy atom. The molecule has 2 N–H and O–H groups in total. The van der Waals surface area contributed by atoms with E-state index in [2.05, 4.69) is 4.98 Å². The highest BCUT2D eigenvalue weighted by atomic mass is 35.5. The Morgan fingerprint density at radius 3 is 2.69 bits per heavy atom. The molecule has 1 unspecified atom stereocenters. The van der Waals surface area contributed by atoms with Gasteiger partial charge in [-0.25, -0.2) is 4.57 Å². The zero-order valence-electron chi connectivity index (χ0n) is 7.39. The minimum atomic E-state index is 0. The fourth-order valence-electron chi connectivity index (χ4n) is 1.03. The van der Waals surface area contributed by atoms with Crippen molar-refractivity contribution in [3.63, 3.8) is 0 Å². The highest BCUT2D eigenvalue weighted by molar-refractivity contribution is 4.94. The summed E-state index contributed by atoms with van der Waals surface area (Å²) in [7, 11) is 0. The minimum Gasteiger partial charge on any atom is -1.00 e. The Morgan fingerprint density at radius 1 is 1.46 bits per heavy atom. The standard InChI is InChI=1S/C9H12N2O.ClH/c1-2-3-9(4-7-12)11-6-5-10-8-11;/h2-9,12H,1H3;1H. The summed E-state index contributed by atoms with van der Waals surface area (Å²) in [5, 5.41) is 8.62. The summed E-state index contributed by atoms with van der Waals surface area (Å²) in [6.07, 6.45) is 12.3. The summed E-state index contributed by atoms with van der Waals surface area (Å²) < 4.78 is 1.95. The third-order valence-electron chi connectivity index (χ3n) is 1.58. The fraction of sp³-hybridized carbons (Fsp3) is 0.222. The Hall–Kier alpha value is -1.22. The van der Waals surface area contributed by atoms with E-state index in [9.17, 15) is 0 Å². The number of halogens is 1. The van der Waals surface area contributed by atoms with Crippen molar-refractivity contribution < 1.29 is 22.1 Å². The van der Waals surface area contributed by atoms with Gasteiger partial charge in [0, 0.05) is 0 Å². The lowest BCUT2D eigenvalue weighted by molar-refractivity contribution is -0.700. The van der Waals surface area contributed by atoms with Crippen LogP contribution in [0.2, 0.25) is 0 Å². The van der Waals surface area contributed by atoms with Crippen molar-refractivity contribution in [3.05, 3.63) is 43.2 Å². The Bertz CT molecular complexity index is 255. The number of rotatable bonds is 3. The number of aromatic nitrogens is 2. The van der Waals surface area contributed by atoms with Crippen molar-refractivity contribution >= 4 is 0 Å². The maximum absolute atomic E-state index is 8.62. The van der Waals surface area contributed by atoms with Crippen LogP contribution in [-0.4, -0.2) is 10.1 Å². The van der Waals surface area contributed by atoms with Gasteiger partial charge in [0.15, 0.2) is 0 Å². The number of nitrogens with one attached hydrogen (secondary N) is 1. The molecule has 72 valence electrons. The molecule has 1 heterocycles. The molecule has 0 aromatic carbocycles. The topological polar surface area (TPSA) is 39.9 Å². The number of imidazole rings is 1. The highest BCUT2D eigenvalue weighted by Crippen LogP contribution is 1.99. The molecule has 1 aromatic heterocycles. The monoisotopic (exact) mass is 200 g/mol.